The number of benzene rings is 1. The Bertz CT molecular complexity index is 867. The molecule has 1 amide bonds. The topological polar surface area (TPSA) is 53.6 Å². The fourth-order valence-electron chi connectivity index (χ4n) is 5.96. The molecule has 1 saturated heterocycles. The number of hydrogen-bond acceptors (Lipinski definition) is 4. The highest BCUT2D eigenvalue weighted by atomic mass is 19.4. The summed E-state index contributed by atoms with van der Waals surface area (Å²) in [6.07, 6.45) is 0.698. The van der Waals surface area contributed by atoms with Gasteiger partial charge in [-0.2, -0.15) is 13.2 Å². The van der Waals surface area contributed by atoms with Crippen LogP contribution in [0.5, 0.6) is 0 Å². The number of nitrogens with zero attached hydrogens (tertiary/aromatic N) is 1. The zero-order valence-electron chi connectivity index (χ0n) is 19.9. The number of ether oxygens (including phenoxy) is 1. The zero-order chi connectivity index (χ0) is 23.8. The third kappa shape index (κ3) is 4.87. The minimum Gasteiger partial charge on any atom is -0.388 e. The number of fused-ring (bicyclic) bond motifs is 1. The van der Waals surface area contributed by atoms with Gasteiger partial charge in [0.05, 0.1) is 11.0 Å². The van der Waals surface area contributed by atoms with E-state index in [1.165, 1.54) is 12.1 Å². The molecule has 2 heterocycles. The zero-order valence-corrected chi connectivity index (χ0v) is 19.9. The largest absolute Gasteiger partial charge is 0.416 e. The second kappa shape index (κ2) is 9.45. The highest BCUT2D eigenvalue weighted by Gasteiger charge is 2.50. The maximum atomic E-state index is 13.9. The van der Waals surface area contributed by atoms with Crippen LogP contribution in [0, 0.1) is 11.3 Å². The first kappa shape index (κ1) is 24.3. The standard InChI is InChI=1S/C25H36F3N3O2/c1-16(2)24(8-4-20(14-24)30-19-6-10-33-11-7-19)23(32)31-9-5-21-17(15-31)12-18(25(26,27)28)13-22(21)29-3/h12-13,16,19-20,29-30H,4-11,14-15H2,1-3H3/t20-,24+/m1/s1. The molecule has 0 spiro atoms. The Morgan fingerprint density at radius 2 is 1.91 bits per heavy atom. The van der Waals surface area contributed by atoms with Gasteiger partial charge in [-0.3, -0.25) is 4.79 Å². The number of alkyl halides is 3. The summed E-state index contributed by atoms with van der Waals surface area (Å²) in [6, 6.07) is 3.13. The second-order valence-corrected chi connectivity index (χ2v) is 10.2. The van der Waals surface area contributed by atoms with Crippen molar-refractivity contribution in [3.8, 4) is 0 Å². The van der Waals surface area contributed by atoms with Gasteiger partial charge in [0.15, 0.2) is 0 Å². The lowest BCUT2D eigenvalue weighted by molar-refractivity contribution is -0.145. The maximum Gasteiger partial charge on any atom is 0.416 e. The molecule has 1 saturated carbocycles. The van der Waals surface area contributed by atoms with Gasteiger partial charge in [0.2, 0.25) is 5.91 Å². The van der Waals surface area contributed by atoms with Crippen LogP contribution in [-0.4, -0.2) is 49.7 Å². The minimum atomic E-state index is -4.42. The molecule has 2 aliphatic heterocycles. The molecule has 0 bridgehead atoms. The average molecular weight is 468 g/mol. The van der Waals surface area contributed by atoms with E-state index >= 15 is 0 Å². The highest BCUT2D eigenvalue weighted by Crippen LogP contribution is 2.47. The van der Waals surface area contributed by atoms with E-state index in [1.807, 2.05) is 0 Å². The van der Waals surface area contributed by atoms with Crippen molar-refractivity contribution >= 4 is 11.6 Å². The van der Waals surface area contributed by atoms with Crippen molar-refractivity contribution in [1.82, 2.24) is 10.2 Å². The Hall–Kier alpha value is -1.80. The SMILES string of the molecule is CNc1cc(C(F)(F)F)cc2c1CCN(C(=O)[C@@]1(C(C)C)CC[C@@H](NC3CCOCC3)C1)C2. The third-order valence-corrected chi connectivity index (χ3v) is 7.99. The van der Waals surface area contributed by atoms with Gasteiger partial charge >= 0.3 is 6.18 Å². The van der Waals surface area contributed by atoms with Crippen LogP contribution in [0.3, 0.4) is 0 Å². The van der Waals surface area contributed by atoms with Crippen LogP contribution < -0.4 is 10.6 Å². The van der Waals surface area contributed by atoms with E-state index in [9.17, 15) is 18.0 Å². The van der Waals surface area contributed by atoms with Gasteiger partial charge in [0.25, 0.3) is 0 Å². The van der Waals surface area contributed by atoms with E-state index in [1.54, 1.807) is 11.9 Å². The van der Waals surface area contributed by atoms with Gasteiger partial charge in [-0.1, -0.05) is 13.8 Å². The van der Waals surface area contributed by atoms with Crippen molar-refractivity contribution in [1.29, 1.82) is 0 Å². The van der Waals surface area contributed by atoms with E-state index in [-0.39, 0.29) is 18.4 Å². The first-order valence-electron chi connectivity index (χ1n) is 12.2. The Morgan fingerprint density at radius 3 is 2.55 bits per heavy atom. The molecule has 1 aromatic carbocycles. The van der Waals surface area contributed by atoms with Crippen molar-refractivity contribution in [2.75, 3.05) is 32.1 Å². The van der Waals surface area contributed by atoms with Crippen LogP contribution in [0.4, 0.5) is 18.9 Å². The Balaban J connectivity index is 1.52. The molecule has 8 heteroatoms. The van der Waals surface area contributed by atoms with Crippen molar-refractivity contribution in [3.63, 3.8) is 0 Å². The summed E-state index contributed by atoms with van der Waals surface area (Å²) in [5.74, 6) is 0.269. The van der Waals surface area contributed by atoms with Gasteiger partial charge in [-0.15, -0.1) is 0 Å². The van der Waals surface area contributed by atoms with E-state index in [0.29, 0.717) is 36.3 Å². The lowest BCUT2D eigenvalue weighted by Crippen LogP contribution is -2.49. The molecule has 33 heavy (non-hydrogen) atoms. The Morgan fingerprint density at radius 1 is 1.18 bits per heavy atom. The number of nitrogens with one attached hydrogen (secondary N) is 2. The maximum absolute atomic E-state index is 13.9. The second-order valence-electron chi connectivity index (χ2n) is 10.2. The summed E-state index contributed by atoms with van der Waals surface area (Å²) in [4.78, 5) is 15.7. The minimum absolute atomic E-state index is 0.0999. The summed E-state index contributed by atoms with van der Waals surface area (Å²) in [6.45, 7) is 6.54. The summed E-state index contributed by atoms with van der Waals surface area (Å²) in [5.41, 5.74) is 0.863. The fourth-order valence-corrected chi connectivity index (χ4v) is 5.96. The third-order valence-electron chi connectivity index (χ3n) is 7.99. The van der Waals surface area contributed by atoms with Gasteiger partial charge < -0.3 is 20.3 Å². The van der Waals surface area contributed by atoms with Gasteiger partial charge in [0, 0.05) is 51.1 Å². The van der Waals surface area contributed by atoms with E-state index in [0.717, 1.165) is 50.9 Å². The molecule has 184 valence electrons. The van der Waals surface area contributed by atoms with Crippen LogP contribution in [0.2, 0.25) is 0 Å². The smallest absolute Gasteiger partial charge is 0.388 e. The molecule has 2 atom stereocenters. The highest BCUT2D eigenvalue weighted by molar-refractivity contribution is 5.84. The Kier molecular flexibility index (Phi) is 6.97. The van der Waals surface area contributed by atoms with Crippen LogP contribution in [0.15, 0.2) is 12.1 Å². The fraction of sp³-hybridized carbons (Fsp3) is 0.720. The monoisotopic (exact) mass is 467 g/mol. The number of carbonyl (C=O) groups is 1. The quantitative estimate of drug-likeness (QED) is 0.665. The number of amides is 1. The first-order valence-corrected chi connectivity index (χ1v) is 12.2. The van der Waals surface area contributed by atoms with Crippen LogP contribution in [0.25, 0.3) is 0 Å². The number of anilines is 1. The number of rotatable bonds is 5. The summed E-state index contributed by atoms with van der Waals surface area (Å²) < 4.78 is 45.8. The molecule has 1 aromatic rings. The molecule has 2 fully saturated rings. The van der Waals surface area contributed by atoms with Gasteiger partial charge in [-0.05, 0) is 67.7 Å². The predicted molar refractivity (Wildman–Crippen MR) is 122 cm³/mol. The molecule has 3 aliphatic rings. The van der Waals surface area contributed by atoms with Crippen molar-refractivity contribution in [2.45, 2.75) is 77.2 Å². The molecule has 4 rings (SSSR count). The molecule has 2 N–H and O–H groups in total. The number of carbonyl (C=O) groups excluding carboxylic acids is 1. The lowest BCUT2D eigenvalue weighted by atomic mass is 9.73. The average Bonchev–Trinajstić information content (AvgIpc) is 3.22. The molecule has 5 nitrogen and oxygen atoms in total. The number of hydrogen-bond donors (Lipinski definition) is 2. The van der Waals surface area contributed by atoms with E-state index < -0.39 is 17.2 Å². The van der Waals surface area contributed by atoms with Gasteiger partial charge in [0.1, 0.15) is 0 Å². The lowest BCUT2D eigenvalue weighted by Gasteiger charge is -2.40. The molecular formula is C25H36F3N3O2. The van der Waals surface area contributed by atoms with Crippen molar-refractivity contribution in [3.05, 3.63) is 28.8 Å². The van der Waals surface area contributed by atoms with Crippen molar-refractivity contribution < 1.29 is 22.7 Å². The molecule has 1 aliphatic carbocycles. The van der Waals surface area contributed by atoms with Crippen LogP contribution >= 0.6 is 0 Å². The predicted octanol–water partition coefficient (Wildman–Crippen LogP) is 4.60. The molecule has 0 radical (unpaired) electrons. The van der Waals surface area contributed by atoms with Crippen LogP contribution in [0.1, 0.15) is 62.6 Å². The summed E-state index contributed by atoms with van der Waals surface area (Å²) in [5, 5.41) is 6.67. The van der Waals surface area contributed by atoms with E-state index in [4.69, 9.17) is 4.74 Å². The number of halogens is 3. The normalized spacial score (nSPS) is 26.5. The van der Waals surface area contributed by atoms with E-state index in [2.05, 4.69) is 24.5 Å². The van der Waals surface area contributed by atoms with Gasteiger partial charge in [-0.25, -0.2) is 0 Å². The molecular weight excluding hydrogens is 431 g/mol. The Labute approximate surface area is 194 Å². The summed E-state index contributed by atoms with van der Waals surface area (Å²) in [7, 11) is 1.64. The molecule has 0 aromatic heterocycles. The first-order chi connectivity index (χ1) is 15.6. The molecule has 0 unspecified atom stereocenters. The van der Waals surface area contributed by atoms with Crippen LogP contribution in [-0.2, 0) is 28.7 Å². The summed E-state index contributed by atoms with van der Waals surface area (Å²) >= 11 is 0. The van der Waals surface area contributed by atoms with Crippen molar-refractivity contribution in [2.24, 2.45) is 11.3 Å².